The van der Waals surface area contributed by atoms with Crippen molar-refractivity contribution < 1.29 is 13.3 Å². The maximum atomic E-state index is 5.38. The number of benzene rings is 1. The van der Waals surface area contributed by atoms with Crippen LogP contribution in [0.5, 0.6) is 0 Å². The van der Waals surface area contributed by atoms with E-state index in [1.807, 2.05) is 6.08 Å². The smallest absolute Gasteiger partial charge is 0.377 e. The summed E-state index contributed by atoms with van der Waals surface area (Å²) in [4.78, 5) is 0. The zero-order valence-corrected chi connectivity index (χ0v) is 11.7. The highest BCUT2D eigenvalue weighted by Gasteiger charge is 2.36. The summed E-state index contributed by atoms with van der Waals surface area (Å²) < 4.78 is 16.1. The first kappa shape index (κ1) is 14.1. The minimum Gasteiger partial charge on any atom is -0.377 e. The van der Waals surface area contributed by atoms with Crippen LogP contribution in [0.25, 0.3) is 6.08 Å². The molecule has 0 saturated heterocycles. The van der Waals surface area contributed by atoms with E-state index in [0.29, 0.717) is 0 Å². The van der Waals surface area contributed by atoms with E-state index in [9.17, 15) is 0 Å². The van der Waals surface area contributed by atoms with Gasteiger partial charge in [-0.2, -0.15) is 0 Å². The second kappa shape index (κ2) is 6.71. The van der Waals surface area contributed by atoms with Crippen LogP contribution in [0, 0.1) is 0 Å². The number of hydrogen-bond donors (Lipinski definition) is 0. The van der Waals surface area contributed by atoms with Gasteiger partial charge in [-0.3, -0.25) is 0 Å². The van der Waals surface area contributed by atoms with Gasteiger partial charge in [0.05, 0.1) is 0 Å². The monoisotopic (exact) mass is 252 g/mol. The summed E-state index contributed by atoms with van der Waals surface area (Å²) in [6.45, 7) is 3.73. The Bertz CT molecular complexity index is 336. The lowest BCUT2D eigenvalue weighted by Crippen LogP contribution is -2.43. The fourth-order valence-electron chi connectivity index (χ4n) is 1.67. The molecule has 0 heterocycles. The molecule has 0 fully saturated rings. The average molecular weight is 252 g/mol. The molecule has 94 valence electrons. The van der Waals surface area contributed by atoms with Gasteiger partial charge in [0.1, 0.15) is 0 Å². The number of hydrogen-bond acceptors (Lipinski definition) is 3. The first-order chi connectivity index (χ1) is 8.19. The third-order valence-electron chi connectivity index (χ3n) is 2.87. The van der Waals surface area contributed by atoms with E-state index in [1.165, 1.54) is 5.56 Å². The third kappa shape index (κ3) is 3.78. The third-order valence-corrected chi connectivity index (χ3v) is 5.60. The van der Waals surface area contributed by atoms with Crippen LogP contribution in [0.4, 0.5) is 0 Å². The molecule has 0 aliphatic heterocycles. The Labute approximate surface area is 104 Å². The van der Waals surface area contributed by atoms with Crippen molar-refractivity contribution in [1.82, 2.24) is 0 Å². The predicted molar refractivity (Wildman–Crippen MR) is 71.8 cm³/mol. The summed E-state index contributed by atoms with van der Waals surface area (Å²) >= 11 is 0. The van der Waals surface area contributed by atoms with E-state index >= 15 is 0 Å². The van der Waals surface area contributed by atoms with Crippen molar-refractivity contribution in [2.45, 2.75) is 12.5 Å². The predicted octanol–water partition coefficient (Wildman–Crippen LogP) is 2.75. The van der Waals surface area contributed by atoms with E-state index in [4.69, 9.17) is 13.3 Å². The van der Waals surface area contributed by atoms with Crippen LogP contribution in [0.15, 0.2) is 30.8 Å². The van der Waals surface area contributed by atoms with Gasteiger partial charge in [-0.25, -0.2) is 0 Å². The molecule has 1 aromatic carbocycles. The minimum atomic E-state index is -2.44. The molecule has 0 saturated carbocycles. The standard InChI is InChI=1S/C13H20O3Si/c1-5-12-6-8-13(9-7-12)10-11-17(14-2,15-3)16-4/h5-9H,1,10-11H2,2-4H3. The molecule has 0 amide bonds. The lowest BCUT2D eigenvalue weighted by Gasteiger charge is -2.24. The fraction of sp³-hybridized carbons (Fsp3) is 0.385. The summed E-state index contributed by atoms with van der Waals surface area (Å²) in [6, 6.07) is 9.08. The fourth-order valence-corrected chi connectivity index (χ4v) is 3.38. The van der Waals surface area contributed by atoms with Crippen molar-refractivity contribution >= 4 is 14.9 Å². The zero-order valence-electron chi connectivity index (χ0n) is 10.7. The molecule has 0 aliphatic carbocycles. The Morgan fingerprint density at radius 2 is 1.59 bits per heavy atom. The molecule has 0 N–H and O–H groups in total. The molecule has 1 rings (SSSR count). The minimum absolute atomic E-state index is 0.782. The molecule has 4 heteroatoms. The highest BCUT2D eigenvalue weighted by atomic mass is 28.4. The van der Waals surface area contributed by atoms with Crippen LogP contribution < -0.4 is 0 Å². The molecule has 0 atom stereocenters. The van der Waals surface area contributed by atoms with Crippen molar-refractivity contribution in [3.05, 3.63) is 42.0 Å². The SMILES string of the molecule is C=Cc1ccc(CC[Si](OC)(OC)OC)cc1. The Morgan fingerprint density at radius 3 is 2.00 bits per heavy atom. The van der Waals surface area contributed by atoms with Crippen LogP contribution in [0.3, 0.4) is 0 Å². The van der Waals surface area contributed by atoms with Gasteiger partial charge in [-0.1, -0.05) is 36.9 Å². The lowest BCUT2D eigenvalue weighted by atomic mass is 10.1. The van der Waals surface area contributed by atoms with Gasteiger partial charge in [-0.15, -0.1) is 0 Å². The highest BCUT2D eigenvalue weighted by molar-refractivity contribution is 6.60. The van der Waals surface area contributed by atoms with Gasteiger partial charge in [0.25, 0.3) is 0 Å². The molecule has 0 bridgehead atoms. The van der Waals surface area contributed by atoms with Crippen LogP contribution in [-0.4, -0.2) is 30.1 Å². The summed E-state index contributed by atoms with van der Waals surface area (Å²) in [5.41, 5.74) is 2.38. The Hall–Kier alpha value is -0.943. The normalized spacial score (nSPS) is 11.5. The van der Waals surface area contributed by atoms with Gasteiger partial charge in [-0.05, 0) is 17.5 Å². The summed E-state index contributed by atoms with van der Waals surface area (Å²) in [5, 5.41) is 0. The zero-order chi connectivity index (χ0) is 12.7. The van der Waals surface area contributed by atoms with Crippen LogP contribution in [0.2, 0.25) is 6.04 Å². The first-order valence-corrected chi connectivity index (χ1v) is 7.49. The summed E-state index contributed by atoms with van der Waals surface area (Å²) in [6.07, 6.45) is 2.72. The Morgan fingerprint density at radius 1 is 1.06 bits per heavy atom. The first-order valence-electron chi connectivity index (χ1n) is 5.56. The lowest BCUT2D eigenvalue weighted by molar-refractivity contribution is 0.123. The molecular formula is C13H20O3Si. The molecule has 0 radical (unpaired) electrons. The van der Waals surface area contributed by atoms with Gasteiger partial charge >= 0.3 is 8.80 Å². The topological polar surface area (TPSA) is 27.7 Å². The van der Waals surface area contributed by atoms with Crippen LogP contribution in [-0.2, 0) is 19.7 Å². The van der Waals surface area contributed by atoms with E-state index in [2.05, 4.69) is 30.8 Å². The second-order valence-corrected chi connectivity index (χ2v) is 6.83. The molecule has 0 aromatic heterocycles. The largest absolute Gasteiger partial charge is 0.500 e. The summed E-state index contributed by atoms with van der Waals surface area (Å²) in [7, 11) is 2.47. The molecule has 0 spiro atoms. The maximum absolute atomic E-state index is 5.38. The highest BCUT2D eigenvalue weighted by Crippen LogP contribution is 2.17. The molecule has 0 unspecified atom stereocenters. The second-order valence-electron chi connectivity index (χ2n) is 3.74. The van der Waals surface area contributed by atoms with E-state index in [0.717, 1.165) is 18.0 Å². The van der Waals surface area contributed by atoms with Crippen molar-refractivity contribution in [3.8, 4) is 0 Å². The van der Waals surface area contributed by atoms with Crippen LogP contribution in [0.1, 0.15) is 11.1 Å². The molecule has 1 aromatic rings. The molecule has 3 nitrogen and oxygen atoms in total. The van der Waals surface area contributed by atoms with Gasteiger partial charge in [0, 0.05) is 27.4 Å². The summed E-state index contributed by atoms with van der Waals surface area (Å²) in [5.74, 6) is 0. The van der Waals surface area contributed by atoms with E-state index < -0.39 is 8.80 Å². The van der Waals surface area contributed by atoms with Crippen molar-refractivity contribution in [3.63, 3.8) is 0 Å². The van der Waals surface area contributed by atoms with Crippen molar-refractivity contribution in [1.29, 1.82) is 0 Å². The van der Waals surface area contributed by atoms with Crippen molar-refractivity contribution in [2.24, 2.45) is 0 Å². The van der Waals surface area contributed by atoms with E-state index in [1.54, 1.807) is 21.3 Å². The Balaban J connectivity index is 2.62. The number of aryl methyl sites for hydroxylation is 1. The molecule has 0 aliphatic rings. The van der Waals surface area contributed by atoms with E-state index in [-0.39, 0.29) is 0 Å². The van der Waals surface area contributed by atoms with Gasteiger partial charge in [0.2, 0.25) is 0 Å². The van der Waals surface area contributed by atoms with Gasteiger partial charge < -0.3 is 13.3 Å². The average Bonchev–Trinajstić information content (AvgIpc) is 2.41. The molecule has 17 heavy (non-hydrogen) atoms. The molecular weight excluding hydrogens is 232 g/mol. The maximum Gasteiger partial charge on any atom is 0.500 e. The quantitative estimate of drug-likeness (QED) is 0.698. The van der Waals surface area contributed by atoms with Crippen molar-refractivity contribution in [2.75, 3.05) is 21.3 Å². The van der Waals surface area contributed by atoms with Crippen LogP contribution >= 0.6 is 0 Å². The number of rotatable bonds is 7. The Kier molecular flexibility index (Phi) is 5.57. The van der Waals surface area contributed by atoms with Gasteiger partial charge in [0.15, 0.2) is 0 Å².